The van der Waals surface area contributed by atoms with Gasteiger partial charge in [0.2, 0.25) is 5.78 Å². The van der Waals surface area contributed by atoms with E-state index in [9.17, 15) is 18.0 Å². The lowest BCUT2D eigenvalue weighted by Gasteiger charge is -2.11. The fraction of sp³-hybridized carbons (Fsp3) is 0.438. The number of thioether (sulfide) groups is 1. The second kappa shape index (κ2) is 7.29. The van der Waals surface area contributed by atoms with E-state index >= 15 is 0 Å². The third-order valence-electron chi connectivity index (χ3n) is 3.41. The molecule has 1 aromatic carbocycles. The Balaban J connectivity index is 2.38. The number of carbonyl (C=O) groups is 1. The first-order valence-corrected chi connectivity index (χ1v) is 8.48. The van der Waals surface area contributed by atoms with Crippen molar-refractivity contribution in [1.29, 1.82) is 0 Å². The molecule has 0 radical (unpaired) electrons. The van der Waals surface area contributed by atoms with Crippen LogP contribution in [0.5, 0.6) is 0 Å². The van der Waals surface area contributed by atoms with Gasteiger partial charge in [-0.3, -0.25) is 4.79 Å². The predicted octanol–water partition coefficient (Wildman–Crippen LogP) is 4.05. The van der Waals surface area contributed by atoms with Crippen molar-refractivity contribution < 1.29 is 22.7 Å². The molecule has 3 nitrogen and oxygen atoms in total. The maximum absolute atomic E-state index is 12.9. The largest absolute Gasteiger partial charge is 0.467 e. The summed E-state index contributed by atoms with van der Waals surface area (Å²) in [6, 6.07) is 4.78. The molecule has 0 aromatic heterocycles. The fourth-order valence-electron chi connectivity index (χ4n) is 2.27. The minimum atomic E-state index is -4.45. The Kier molecular flexibility index (Phi) is 5.62. The average molecular weight is 345 g/mol. The van der Waals surface area contributed by atoms with Gasteiger partial charge in [0.1, 0.15) is 0 Å². The smallest absolute Gasteiger partial charge is 0.416 e. The Morgan fingerprint density at radius 3 is 2.65 bits per heavy atom. The first kappa shape index (κ1) is 17.7. The predicted molar refractivity (Wildman–Crippen MR) is 84.7 cm³/mol. The van der Waals surface area contributed by atoms with Crippen LogP contribution in [0.25, 0.3) is 5.57 Å². The normalized spacial score (nSPS) is 18.3. The molecule has 1 atom stereocenters. The summed E-state index contributed by atoms with van der Waals surface area (Å²) in [5.41, 5.74) is -0.359. The van der Waals surface area contributed by atoms with Crippen LogP contribution >= 0.6 is 11.8 Å². The molecule has 0 fully saturated rings. The molecule has 1 aromatic rings. The van der Waals surface area contributed by atoms with Crippen LogP contribution < -0.4 is 5.32 Å². The Morgan fingerprint density at radius 2 is 2.04 bits per heavy atom. The lowest BCUT2D eigenvalue weighted by Crippen LogP contribution is -2.18. The molecule has 23 heavy (non-hydrogen) atoms. The van der Waals surface area contributed by atoms with Crippen LogP contribution in [-0.4, -0.2) is 23.5 Å². The fourth-order valence-corrected chi connectivity index (χ4v) is 2.71. The number of alkyl halides is 3. The molecule has 0 saturated heterocycles. The molecular formula is C16H18F3NO2S. The molecule has 0 spiro atoms. The minimum Gasteiger partial charge on any atom is -0.467 e. The van der Waals surface area contributed by atoms with E-state index in [-0.39, 0.29) is 22.8 Å². The zero-order chi connectivity index (χ0) is 17.0. The van der Waals surface area contributed by atoms with Gasteiger partial charge in [0, 0.05) is 0 Å². The quantitative estimate of drug-likeness (QED) is 0.623. The second-order valence-electron chi connectivity index (χ2n) is 4.98. The highest BCUT2D eigenvalue weighted by molar-refractivity contribution is 7.99. The van der Waals surface area contributed by atoms with Gasteiger partial charge in [-0.05, 0) is 29.9 Å². The second-order valence-corrected chi connectivity index (χ2v) is 6.25. The zero-order valence-electron chi connectivity index (χ0n) is 12.9. The van der Waals surface area contributed by atoms with Gasteiger partial charge >= 0.3 is 6.18 Å². The summed E-state index contributed by atoms with van der Waals surface area (Å²) in [7, 11) is 0. The van der Waals surface area contributed by atoms with Crippen LogP contribution in [0.3, 0.4) is 0 Å². The molecule has 1 heterocycles. The number of ketones is 1. The van der Waals surface area contributed by atoms with Gasteiger partial charge in [-0.15, -0.1) is 11.8 Å². The number of halogens is 3. The Bertz CT molecular complexity index is 614. The summed E-state index contributed by atoms with van der Waals surface area (Å²) in [5.74, 6) is 1.39. The lowest BCUT2D eigenvalue weighted by atomic mass is 9.98. The van der Waals surface area contributed by atoms with Crippen molar-refractivity contribution in [3.05, 3.63) is 41.3 Å². The van der Waals surface area contributed by atoms with Gasteiger partial charge in [-0.25, -0.2) is 0 Å². The van der Waals surface area contributed by atoms with Crippen LogP contribution in [0.15, 0.2) is 30.1 Å². The number of Topliss-reactive ketones (excluding diaryl/α,β-unsaturated/α-hetero) is 1. The molecular weight excluding hydrogens is 327 g/mol. The van der Waals surface area contributed by atoms with Crippen molar-refractivity contribution in [3.63, 3.8) is 0 Å². The van der Waals surface area contributed by atoms with E-state index in [2.05, 4.69) is 5.32 Å². The van der Waals surface area contributed by atoms with Crippen LogP contribution in [-0.2, 0) is 15.7 Å². The highest BCUT2D eigenvalue weighted by Gasteiger charge is 2.36. The van der Waals surface area contributed by atoms with Gasteiger partial charge < -0.3 is 10.1 Å². The first-order chi connectivity index (χ1) is 10.9. The van der Waals surface area contributed by atoms with Crippen molar-refractivity contribution in [1.82, 2.24) is 5.32 Å². The van der Waals surface area contributed by atoms with Crippen molar-refractivity contribution >= 4 is 23.1 Å². The van der Waals surface area contributed by atoms with Crippen molar-refractivity contribution in [3.8, 4) is 0 Å². The minimum absolute atomic E-state index is 0.194. The van der Waals surface area contributed by atoms with Gasteiger partial charge in [-0.1, -0.05) is 26.0 Å². The van der Waals surface area contributed by atoms with Crippen molar-refractivity contribution in [2.45, 2.75) is 32.5 Å². The summed E-state index contributed by atoms with van der Waals surface area (Å²) >= 11 is 1.59. The maximum atomic E-state index is 12.9. The summed E-state index contributed by atoms with van der Waals surface area (Å²) < 4.78 is 44.3. The highest BCUT2D eigenvalue weighted by atomic mass is 32.2. The number of rotatable bonds is 6. The topological polar surface area (TPSA) is 38.3 Å². The molecule has 0 aliphatic carbocycles. The molecule has 1 N–H and O–H groups in total. The lowest BCUT2D eigenvalue weighted by molar-refractivity contribution is -0.137. The highest BCUT2D eigenvalue weighted by Crippen LogP contribution is 2.34. The Morgan fingerprint density at radius 1 is 1.30 bits per heavy atom. The van der Waals surface area contributed by atoms with Gasteiger partial charge in [0.25, 0.3) is 0 Å². The average Bonchev–Trinajstić information content (AvgIpc) is 2.83. The number of nitrogens with one attached hydrogen (secondary N) is 1. The molecule has 0 bridgehead atoms. The summed E-state index contributed by atoms with van der Waals surface area (Å²) in [5, 5.41) is 3.00. The van der Waals surface area contributed by atoms with Crippen LogP contribution in [0.2, 0.25) is 0 Å². The molecule has 7 heteroatoms. The zero-order valence-corrected chi connectivity index (χ0v) is 13.7. The Labute approximate surface area is 137 Å². The van der Waals surface area contributed by atoms with E-state index in [0.29, 0.717) is 12.3 Å². The number of hydrogen-bond donors (Lipinski definition) is 1. The van der Waals surface area contributed by atoms with Gasteiger partial charge in [0.05, 0.1) is 17.0 Å². The molecule has 1 aliphatic rings. The van der Waals surface area contributed by atoms with Gasteiger partial charge in [0.15, 0.2) is 12.0 Å². The van der Waals surface area contributed by atoms with E-state index < -0.39 is 17.8 Å². The SMILES string of the molecule is CCSCNC1=C(c2cccc(C(F)(F)F)c2)C(=O)C(CC)O1. The van der Waals surface area contributed by atoms with Crippen LogP contribution in [0.1, 0.15) is 31.4 Å². The molecule has 1 unspecified atom stereocenters. The summed E-state index contributed by atoms with van der Waals surface area (Å²) in [6.07, 6.45) is -4.63. The summed E-state index contributed by atoms with van der Waals surface area (Å²) in [4.78, 5) is 12.4. The standard InChI is InChI=1S/C16H18F3NO2S/c1-3-12-14(21)13(15(22-12)20-9-23-4-2)10-6-5-7-11(8-10)16(17,18)19/h5-8,12,20H,3-4,9H2,1-2H3. The van der Waals surface area contributed by atoms with Crippen LogP contribution in [0, 0.1) is 0 Å². The number of hydrogen-bond acceptors (Lipinski definition) is 4. The van der Waals surface area contributed by atoms with E-state index in [1.165, 1.54) is 12.1 Å². The van der Waals surface area contributed by atoms with E-state index in [1.54, 1.807) is 18.7 Å². The number of ether oxygens (including phenoxy) is 1. The molecule has 0 saturated carbocycles. The first-order valence-electron chi connectivity index (χ1n) is 7.32. The monoisotopic (exact) mass is 345 g/mol. The van der Waals surface area contributed by atoms with Crippen LogP contribution in [0.4, 0.5) is 13.2 Å². The van der Waals surface area contributed by atoms with Crippen molar-refractivity contribution in [2.24, 2.45) is 0 Å². The number of benzene rings is 1. The third-order valence-corrected chi connectivity index (χ3v) is 4.17. The van der Waals surface area contributed by atoms with Gasteiger partial charge in [-0.2, -0.15) is 13.2 Å². The molecule has 1 aliphatic heterocycles. The molecule has 126 valence electrons. The maximum Gasteiger partial charge on any atom is 0.416 e. The number of carbonyl (C=O) groups excluding carboxylic acids is 1. The van der Waals surface area contributed by atoms with E-state index in [4.69, 9.17) is 4.74 Å². The van der Waals surface area contributed by atoms with Crippen molar-refractivity contribution in [2.75, 3.05) is 11.6 Å². The molecule has 0 amide bonds. The van der Waals surface area contributed by atoms with E-state index in [1.807, 2.05) is 6.92 Å². The van der Waals surface area contributed by atoms with E-state index in [0.717, 1.165) is 17.9 Å². The molecule has 2 rings (SSSR count). The Hall–Kier alpha value is -1.63. The third kappa shape index (κ3) is 4.02. The summed E-state index contributed by atoms with van der Waals surface area (Å²) in [6.45, 7) is 3.79.